The first-order valence-electron chi connectivity index (χ1n) is 35.2. The van der Waals surface area contributed by atoms with E-state index >= 15 is 0 Å². The number of ketones is 4. The monoisotopic (exact) mass is 1280 g/mol. The van der Waals surface area contributed by atoms with Crippen LogP contribution in [0.25, 0.3) is 0 Å². The van der Waals surface area contributed by atoms with Gasteiger partial charge in [0.15, 0.2) is 0 Å². The van der Waals surface area contributed by atoms with Gasteiger partial charge in [0.05, 0.1) is 23.7 Å². The molecule has 10 rings (SSSR count). The summed E-state index contributed by atoms with van der Waals surface area (Å²) in [5.74, 6) is 2.72. The number of alkyl halides is 8. The summed E-state index contributed by atoms with van der Waals surface area (Å²) < 4.78 is 112. The topological polar surface area (TPSA) is 194 Å². The van der Waals surface area contributed by atoms with Crippen molar-refractivity contribution in [2.24, 2.45) is 118 Å². The van der Waals surface area contributed by atoms with E-state index in [4.69, 9.17) is 0 Å². The molecular formula is C72H136F8O8. The molecule has 8 N–H and O–H groups in total. The van der Waals surface area contributed by atoms with Crippen LogP contribution in [-0.2, 0) is 19.2 Å². The number of halogens is 8. The van der Waals surface area contributed by atoms with Gasteiger partial charge in [-0.2, -0.15) is 0 Å². The standard InChI is InChI=1S/2C21H34F2O.2C15H24F2O.4H2O.6H2/c2*1-13-3-6-15(7-4-13)16-8-10-17(11-9-16)21(24)18-12-5-14(2)19(22)20(18)23;2*1-9-3-6-11(7-4-9)15(18)12-8-5-10(2)13(16)14(12)17;;;;;;;;;;/h2*13-20H,3-12H2,1-2H3;2*9-14H,3-8H2,1-2H3;4*1H2;6*1H. The molecule has 0 aromatic heterocycles. The maximum atomic E-state index is 14.3. The summed E-state index contributed by atoms with van der Waals surface area (Å²) in [4.78, 5) is 50.1. The first-order valence-corrected chi connectivity index (χ1v) is 35.2. The van der Waals surface area contributed by atoms with Gasteiger partial charge in [-0.25, -0.2) is 35.1 Å². The van der Waals surface area contributed by atoms with E-state index in [-0.39, 0.29) is 101 Å². The molecule has 0 spiro atoms. The molecule has 528 valence electrons. The Balaban J connectivity index is -0.000000559. The van der Waals surface area contributed by atoms with Gasteiger partial charge in [0, 0.05) is 32.2 Å². The van der Waals surface area contributed by atoms with Crippen LogP contribution in [0.1, 0.15) is 269 Å². The first-order chi connectivity index (χ1) is 39.9. The maximum absolute atomic E-state index is 14.3. The van der Waals surface area contributed by atoms with Gasteiger partial charge < -0.3 is 21.9 Å². The fraction of sp³-hybridized carbons (Fsp3) is 0.944. The number of hydrogen-bond acceptors (Lipinski definition) is 4. The van der Waals surface area contributed by atoms with Crippen LogP contribution >= 0.6 is 0 Å². The summed E-state index contributed by atoms with van der Waals surface area (Å²) in [6.45, 7) is 16.1. The second kappa shape index (κ2) is 37.7. The molecule has 0 radical (unpaired) electrons. The molecule has 0 aromatic carbocycles. The molecule has 0 saturated heterocycles. The van der Waals surface area contributed by atoms with Crippen LogP contribution in [0.4, 0.5) is 35.1 Å². The van der Waals surface area contributed by atoms with Crippen molar-refractivity contribution in [1.82, 2.24) is 0 Å². The van der Waals surface area contributed by atoms with E-state index < -0.39 is 73.0 Å². The fourth-order valence-electron chi connectivity index (χ4n) is 17.9. The van der Waals surface area contributed by atoms with Crippen LogP contribution < -0.4 is 0 Å². The lowest BCUT2D eigenvalue weighted by atomic mass is 9.67. The predicted molar refractivity (Wildman–Crippen MR) is 349 cm³/mol. The number of carbonyl (C=O) groups is 4. The highest BCUT2D eigenvalue weighted by Crippen LogP contribution is 2.47. The highest BCUT2D eigenvalue weighted by Gasteiger charge is 2.48. The summed E-state index contributed by atoms with van der Waals surface area (Å²) in [5.41, 5.74) is 0. The third-order valence-electron chi connectivity index (χ3n) is 24.8. The van der Waals surface area contributed by atoms with Crippen molar-refractivity contribution in [3.8, 4) is 0 Å². The van der Waals surface area contributed by atoms with Gasteiger partial charge in [0.2, 0.25) is 0 Å². The molecular weight excluding hydrogens is 1140 g/mol. The van der Waals surface area contributed by atoms with Gasteiger partial charge in [-0.3, -0.25) is 19.2 Å². The van der Waals surface area contributed by atoms with Crippen LogP contribution in [-0.4, -0.2) is 94.4 Å². The molecule has 10 fully saturated rings. The smallest absolute Gasteiger partial charge is 0.142 e. The van der Waals surface area contributed by atoms with Crippen LogP contribution in [0.15, 0.2) is 0 Å². The lowest BCUT2D eigenvalue weighted by Gasteiger charge is -2.39. The Morgan fingerprint density at radius 2 is 0.364 bits per heavy atom. The van der Waals surface area contributed by atoms with E-state index in [1.807, 2.05) is 0 Å². The minimum absolute atomic E-state index is 0. The van der Waals surface area contributed by atoms with Crippen LogP contribution in [0, 0.1) is 118 Å². The van der Waals surface area contributed by atoms with Gasteiger partial charge in [-0.1, -0.05) is 107 Å². The van der Waals surface area contributed by atoms with E-state index in [2.05, 4.69) is 27.7 Å². The van der Waals surface area contributed by atoms with Crippen molar-refractivity contribution in [3.63, 3.8) is 0 Å². The summed E-state index contributed by atoms with van der Waals surface area (Å²) in [6.07, 6.45) is 19.3. The molecule has 0 aromatic rings. The largest absolute Gasteiger partial charge is 0.412 e. The third kappa shape index (κ3) is 21.0. The van der Waals surface area contributed by atoms with E-state index in [1.165, 1.54) is 51.4 Å². The summed E-state index contributed by atoms with van der Waals surface area (Å²) >= 11 is 0. The van der Waals surface area contributed by atoms with Gasteiger partial charge in [-0.05, 0) is 225 Å². The molecule has 0 amide bonds. The SMILES string of the molecule is CC1CCC(C(=O)C2CCC(C)C(F)C2F)CC1.CC1CCC(C(=O)C2CCC(C)C(F)C2F)CC1.CC1CCC(C2CCC(C(=O)C3CCC(C)C(F)C3F)CC2)CC1.CC1CCC(C2CCC(C(=O)C3CCC(C)C(F)C3F)CC2)CC1.O.O.O.O.[HH].[HH].[HH].[HH].[HH].[HH]. The van der Waals surface area contributed by atoms with Crippen molar-refractivity contribution < 1.29 is 84.8 Å². The molecule has 10 aliphatic rings. The van der Waals surface area contributed by atoms with Crippen LogP contribution in [0.5, 0.6) is 0 Å². The summed E-state index contributed by atoms with van der Waals surface area (Å²) in [6, 6.07) is 0. The highest BCUT2D eigenvalue weighted by molar-refractivity contribution is 5.86. The molecule has 8 nitrogen and oxygen atoms in total. The van der Waals surface area contributed by atoms with Gasteiger partial charge in [0.1, 0.15) is 72.5 Å². The minimum Gasteiger partial charge on any atom is -0.412 e. The molecule has 0 aliphatic heterocycles. The summed E-state index contributed by atoms with van der Waals surface area (Å²) in [7, 11) is 0. The molecule has 16 heteroatoms. The summed E-state index contributed by atoms with van der Waals surface area (Å²) in [5, 5.41) is 0. The van der Waals surface area contributed by atoms with E-state index in [0.29, 0.717) is 63.2 Å². The normalized spacial score (nSPS) is 44.5. The third-order valence-corrected chi connectivity index (χ3v) is 24.8. The Hall–Kier alpha value is -2.04. The Bertz CT molecular complexity index is 1900. The number of Topliss-reactive ketones (excluding diaryl/α,β-unsaturated/α-hetero) is 4. The van der Waals surface area contributed by atoms with E-state index in [9.17, 15) is 54.3 Å². The average Bonchev–Trinajstić information content (AvgIpc) is 0.861. The second-order valence-electron chi connectivity index (χ2n) is 31.0. The molecule has 0 heterocycles. The van der Waals surface area contributed by atoms with Crippen molar-refractivity contribution in [2.75, 3.05) is 0 Å². The van der Waals surface area contributed by atoms with Crippen LogP contribution in [0.2, 0.25) is 0 Å². The Morgan fingerprint density at radius 1 is 0.216 bits per heavy atom. The molecule has 0 bridgehead atoms. The zero-order chi connectivity index (χ0) is 61.1. The first kappa shape index (κ1) is 80.2. The predicted octanol–water partition coefficient (Wildman–Crippen LogP) is 18.2. The van der Waals surface area contributed by atoms with Gasteiger partial charge in [-0.15, -0.1) is 0 Å². The van der Waals surface area contributed by atoms with E-state index in [0.717, 1.165) is 138 Å². The average molecular weight is 1280 g/mol. The number of carbonyl (C=O) groups excluding carboxylic acids is 4. The van der Waals surface area contributed by atoms with Crippen molar-refractivity contribution >= 4 is 23.1 Å². The van der Waals surface area contributed by atoms with Crippen molar-refractivity contribution in [2.45, 2.75) is 310 Å². The quantitative estimate of drug-likeness (QED) is 0.197. The van der Waals surface area contributed by atoms with Crippen LogP contribution in [0.3, 0.4) is 0 Å². The lowest BCUT2D eigenvalue weighted by Crippen LogP contribution is -2.43. The lowest BCUT2D eigenvalue weighted by molar-refractivity contribution is -0.135. The second-order valence-corrected chi connectivity index (χ2v) is 31.0. The zero-order valence-electron chi connectivity index (χ0n) is 55.4. The molecule has 16 unspecified atom stereocenters. The zero-order valence-corrected chi connectivity index (χ0v) is 55.4. The molecule has 10 saturated carbocycles. The highest BCUT2D eigenvalue weighted by atomic mass is 19.2. The van der Waals surface area contributed by atoms with Gasteiger partial charge >= 0.3 is 0 Å². The molecule has 10 aliphatic carbocycles. The minimum atomic E-state index is -1.57. The number of hydrogen-bond donors (Lipinski definition) is 0. The Morgan fingerprint density at radius 3 is 0.545 bits per heavy atom. The van der Waals surface area contributed by atoms with Crippen molar-refractivity contribution in [1.29, 1.82) is 0 Å². The Kier molecular flexibility index (Phi) is 34.4. The van der Waals surface area contributed by atoms with Gasteiger partial charge in [0.25, 0.3) is 0 Å². The molecule has 88 heavy (non-hydrogen) atoms. The Labute approximate surface area is 534 Å². The van der Waals surface area contributed by atoms with Crippen molar-refractivity contribution in [3.05, 3.63) is 0 Å². The maximum Gasteiger partial charge on any atom is 0.142 e. The fourth-order valence-corrected chi connectivity index (χ4v) is 17.9. The van der Waals surface area contributed by atoms with E-state index in [1.54, 1.807) is 27.7 Å². The number of rotatable bonds is 10. The molecule has 16 atom stereocenters.